The van der Waals surface area contributed by atoms with Gasteiger partial charge in [0.05, 0.1) is 11.6 Å². The van der Waals surface area contributed by atoms with Crippen molar-refractivity contribution in [2.75, 3.05) is 6.54 Å². The number of hydrogen-bond donors (Lipinski definition) is 1. The Hall–Kier alpha value is -3.44. The third-order valence-corrected chi connectivity index (χ3v) is 5.99. The standard InChI is InChI=1S/C27H22BrNO3/c28-22-14-12-21(13-15-22)25-24(23(30)16-11-19-7-3-1-4-8-19)26(31)27(32)29(25)18-17-20-9-5-2-6-10-20/h1-16,25,31H,17-18H2/b16-11+. The molecule has 0 aromatic heterocycles. The number of halogens is 1. The molecule has 1 aliphatic heterocycles. The number of aliphatic hydroxyl groups is 1. The van der Waals surface area contributed by atoms with Crippen molar-refractivity contribution in [3.05, 3.63) is 124 Å². The summed E-state index contributed by atoms with van der Waals surface area (Å²) in [6.07, 6.45) is 3.73. The average molecular weight is 488 g/mol. The number of carbonyl (C=O) groups excluding carboxylic acids is 2. The van der Waals surface area contributed by atoms with Gasteiger partial charge in [-0.2, -0.15) is 0 Å². The molecular formula is C27H22BrNO3. The molecule has 0 saturated carbocycles. The van der Waals surface area contributed by atoms with Crippen LogP contribution in [0.3, 0.4) is 0 Å². The first-order chi connectivity index (χ1) is 15.5. The summed E-state index contributed by atoms with van der Waals surface area (Å²) in [5.74, 6) is -1.38. The molecule has 1 aliphatic rings. The monoisotopic (exact) mass is 487 g/mol. The molecule has 5 heteroatoms. The highest BCUT2D eigenvalue weighted by atomic mass is 79.9. The highest BCUT2D eigenvalue weighted by Gasteiger charge is 2.42. The summed E-state index contributed by atoms with van der Waals surface area (Å²) in [4.78, 5) is 27.7. The van der Waals surface area contributed by atoms with Crippen molar-refractivity contribution >= 4 is 33.7 Å². The molecular weight excluding hydrogens is 466 g/mol. The maximum atomic E-state index is 13.2. The van der Waals surface area contributed by atoms with Crippen molar-refractivity contribution in [1.29, 1.82) is 0 Å². The van der Waals surface area contributed by atoms with Crippen molar-refractivity contribution in [3.8, 4) is 0 Å². The molecule has 1 atom stereocenters. The molecule has 0 bridgehead atoms. The van der Waals surface area contributed by atoms with Crippen LogP contribution in [0.2, 0.25) is 0 Å². The molecule has 1 unspecified atom stereocenters. The minimum atomic E-state index is -0.646. The molecule has 160 valence electrons. The van der Waals surface area contributed by atoms with Crippen molar-refractivity contribution in [2.45, 2.75) is 12.5 Å². The van der Waals surface area contributed by atoms with E-state index in [1.807, 2.05) is 84.9 Å². The van der Waals surface area contributed by atoms with Gasteiger partial charge in [0.2, 0.25) is 0 Å². The Labute approximate surface area is 195 Å². The van der Waals surface area contributed by atoms with Crippen LogP contribution in [0.4, 0.5) is 0 Å². The van der Waals surface area contributed by atoms with Gasteiger partial charge in [-0.25, -0.2) is 0 Å². The van der Waals surface area contributed by atoms with E-state index >= 15 is 0 Å². The number of aliphatic hydroxyl groups excluding tert-OH is 1. The molecule has 0 fully saturated rings. The minimum Gasteiger partial charge on any atom is -0.503 e. The number of allylic oxidation sites excluding steroid dienone is 1. The minimum absolute atomic E-state index is 0.109. The summed E-state index contributed by atoms with van der Waals surface area (Å²) in [6.45, 7) is 0.382. The lowest BCUT2D eigenvalue weighted by Crippen LogP contribution is -2.33. The average Bonchev–Trinajstić information content (AvgIpc) is 3.08. The van der Waals surface area contributed by atoms with Crippen molar-refractivity contribution in [2.24, 2.45) is 0 Å². The summed E-state index contributed by atoms with van der Waals surface area (Å²) in [5, 5.41) is 10.7. The van der Waals surface area contributed by atoms with E-state index in [1.54, 1.807) is 11.0 Å². The van der Waals surface area contributed by atoms with Gasteiger partial charge in [-0.1, -0.05) is 94.8 Å². The second-order valence-electron chi connectivity index (χ2n) is 7.56. The molecule has 3 aromatic rings. The summed E-state index contributed by atoms with van der Waals surface area (Å²) >= 11 is 3.43. The fraction of sp³-hybridized carbons (Fsp3) is 0.111. The number of hydrogen-bond acceptors (Lipinski definition) is 3. The molecule has 0 saturated heterocycles. The predicted octanol–water partition coefficient (Wildman–Crippen LogP) is 5.67. The van der Waals surface area contributed by atoms with E-state index < -0.39 is 17.7 Å². The summed E-state index contributed by atoms with van der Waals surface area (Å²) in [7, 11) is 0. The van der Waals surface area contributed by atoms with Crippen LogP contribution in [0.5, 0.6) is 0 Å². The Morgan fingerprint density at radius 2 is 1.56 bits per heavy atom. The van der Waals surface area contributed by atoms with Gasteiger partial charge in [0.25, 0.3) is 5.91 Å². The van der Waals surface area contributed by atoms with Crippen LogP contribution in [0, 0.1) is 0 Å². The zero-order valence-electron chi connectivity index (χ0n) is 17.3. The third kappa shape index (κ3) is 4.73. The Bertz CT molecular complexity index is 1170. The molecule has 4 rings (SSSR count). The van der Waals surface area contributed by atoms with Gasteiger partial charge in [0.15, 0.2) is 11.5 Å². The molecule has 1 heterocycles. The highest BCUT2D eigenvalue weighted by Crippen LogP contribution is 2.38. The lowest BCUT2D eigenvalue weighted by Gasteiger charge is -2.26. The summed E-state index contributed by atoms with van der Waals surface area (Å²) < 4.78 is 0.895. The van der Waals surface area contributed by atoms with Gasteiger partial charge in [-0.3, -0.25) is 9.59 Å². The van der Waals surface area contributed by atoms with Gasteiger partial charge in [0.1, 0.15) is 0 Å². The van der Waals surface area contributed by atoms with E-state index in [4.69, 9.17) is 0 Å². The Morgan fingerprint density at radius 3 is 2.22 bits per heavy atom. The first-order valence-corrected chi connectivity index (χ1v) is 11.1. The molecule has 0 spiro atoms. The Morgan fingerprint density at radius 1 is 0.938 bits per heavy atom. The smallest absolute Gasteiger partial charge is 0.290 e. The number of ketones is 1. The van der Waals surface area contributed by atoms with Gasteiger partial charge in [0, 0.05) is 11.0 Å². The van der Waals surface area contributed by atoms with Crippen LogP contribution in [-0.2, 0) is 16.0 Å². The second kappa shape index (κ2) is 9.79. The molecule has 1 N–H and O–H groups in total. The van der Waals surface area contributed by atoms with Gasteiger partial charge in [-0.05, 0) is 41.3 Å². The van der Waals surface area contributed by atoms with Crippen LogP contribution in [-0.4, -0.2) is 28.2 Å². The highest BCUT2D eigenvalue weighted by molar-refractivity contribution is 9.10. The third-order valence-electron chi connectivity index (χ3n) is 5.47. The first kappa shape index (κ1) is 21.8. The topological polar surface area (TPSA) is 57.6 Å². The van der Waals surface area contributed by atoms with E-state index in [-0.39, 0.29) is 11.4 Å². The van der Waals surface area contributed by atoms with E-state index in [1.165, 1.54) is 6.08 Å². The number of rotatable bonds is 7. The SMILES string of the molecule is O=C(/C=C/c1ccccc1)C1=C(O)C(=O)N(CCc2ccccc2)C1c1ccc(Br)cc1. The second-order valence-corrected chi connectivity index (χ2v) is 8.47. The van der Waals surface area contributed by atoms with Gasteiger partial charge in [-0.15, -0.1) is 0 Å². The van der Waals surface area contributed by atoms with E-state index in [2.05, 4.69) is 15.9 Å². The number of amides is 1. The van der Waals surface area contributed by atoms with Crippen molar-refractivity contribution < 1.29 is 14.7 Å². The van der Waals surface area contributed by atoms with Gasteiger partial charge >= 0.3 is 0 Å². The largest absolute Gasteiger partial charge is 0.503 e. The van der Waals surface area contributed by atoms with Crippen molar-refractivity contribution in [1.82, 2.24) is 4.90 Å². The van der Waals surface area contributed by atoms with E-state index in [9.17, 15) is 14.7 Å². The predicted molar refractivity (Wildman–Crippen MR) is 129 cm³/mol. The van der Waals surface area contributed by atoms with Crippen LogP contribution >= 0.6 is 15.9 Å². The normalized spacial score (nSPS) is 16.2. The van der Waals surface area contributed by atoms with Crippen LogP contribution < -0.4 is 0 Å². The quantitative estimate of drug-likeness (QED) is 0.436. The Kier molecular flexibility index (Phi) is 6.66. The lowest BCUT2D eigenvalue weighted by atomic mass is 9.95. The zero-order valence-corrected chi connectivity index (χ0v) is 18.9. The number of carbonyl (C=O) groups is 2. The van der Waals surface area contributed by atoms with Crippen molar-refractivity contribution in [3.63, 3.8) is 0 Å². The van der Waals surface area contributed by atoms with E-state index in [0.29, 0.717) is 13.0 Å². The molecule has 32 heavy (non-hydrogen) atoms. The number of nitrogens with zero attached hydrogens (tertiary/aromatic N) is 1. The van der Waals surface area contributed by atoms with Crippen LogP contribution in [0.15, 0.2) is 107 Å². The molecule has 3 aromatic carbocycles. The molecule has 4 nitrogen and oxygen atoms in total. The maximum Gasteiger partial charge on any atom is 0.290 e. The summed E-state index contributed by atoms with van der Waals surface area (Å²) in [6, 6.07) is 26.1. The summed E-state index contributed by atoms with van der Waals surface area (Å²) in [5.41, 5.74) is 2.83. The fourth-order valence-corrected chi connectivity index (χ4v) is 4.11. The van der Waals surface area contributed by atoms with Crippen LogP contribution in [0.1, 0.15) is 22.7 Å². The number of benzene rings is 3. The first-order valence-electron chi connectivity index (χ1n) is 10.4. The van der Waals surface area contributed by atoms with Crippen LogP contribution in [0.25, 0.3) is 6.08 Å². The zero-order chi connectivity index (χ0) is 22.5. The molecule has 1 amide bonds. The molecule has 0 radical (unpaired) electrons. The van der Waals surface area contributed by atoms with E-state index in [0.717, 1.165) is 21.2 Å². The van der Waals surface area contributed by atoms with Gasteiger partial charge < -0.3 is 10.0 Å². The Balaban J connectivity index is 1.66. The lowest BCUT2D eigenvalue weighted by molar-refractivity contribution is -0.129. The molecule has 0 aliphatic carbocycles. The maximum absolute atomic E-state index is 13.2. The fourth-order valence-electron chi connectivity index (χ4n) is 3.85.